The zero-order valence-electron chi connectivity index (χ0n) is 16.2. The van der Waals surface area contributed by atoms with E-state index in [0.717, 1.165) is 11.3 Å². The monoisotopic (exact) mass is 413 g/mol. The van der Waals surface area contributed by atoms with Crippen LogP contribution in [0.4, 0.5) is 10.5 Å². The summed E-state index contributed by atoms with van der Waals surface area (Å²) in [7, 11) is 1.21. The van der Waals surface area contributed by atoms with Crippen molar-refractivity contribution in [2.24, 2.45) is 0 Å². The maximum absolute atomic E-state index is 13.2. The molecule has 0 aliphatic carbocycles. The van der Waals surface area contributed by atoms with Crippen LogP contribution in [-0.2, 0) is 4.74 Å². The van der Waals surface area contributed by atoms with Gasteiger partial charge in [-0.2, -0.15) is 0 Å². The molecule has 0 bridgehead atoms. The number of hydrogen-bond acceptors (Lipinski definition) is 6. The van der Waals surface area contributed by atoms with Crippen LogP contribution in [0.15, 0.2) is 59.0 Å². The van der Waals surface area contributed by atoms with Crippen molar-refractivity contribution in [3.8, 4) is 5.75 Å². The SMILES string of the molecule is COC(=O)Oc1cc(C(Nc2ccc(Cl)cc2C)C(=O)c2ccccc2)oc1C. The Balaban J connectivity index is 2.00. The Kier molecular flexibility index (Phi) is 6.24. The lowest BCUT2D eigenvalue weighted by atomic mass is 10.0. The lowest BCUT2D eigenvalue weighted by molar-refractivity contribution is 0.0960. The molecular weight excluding hydrogens is 394 g/mol. The van der Waals surface area contributed by atoms with Crippen molar-refractivity contribution < 1.29 is 23.5 Å². The molecule has 0 fully saturated rings. The first-order valence-electron chi connectivity index (χ1n) is 8.87. The predicted molar refractivity (Wildman–Crippen MR) is 110 cm³/mol. The lowest BCUT2D eigenvalue weighted by Crippen LogP contribution is -2.21. The first-order valence-corrected chi connectivity index (χ1v) is 9.25. The molecule has 1 N–H and O–H groups in total. The van der Waals surface area contributed by atoms with Gasteiger partial charge in [-0.15, -0.1) is 0 Å². The van der Waals surface area contributed by atoms with Crippen LogP contribution in [0.5, 0.6) is 5.75 Å². The number of furan rings is 1. The summed E-state index contributed by atoms with van der Waals surface area (Å²) in [6, 6.07) is 14.9. The average molecular weight is 414 g/mol. The number of rotatable bonds is 6. The Hall–Kier alpha value is -3.25. The fourth-order valence-electron chi connectivity index (χ4n) is 2.84. The van der Waals surface area contributed by atoms with Crippen LogP contribution < -0.4 is 10.1 Å². The van der Waals surface area contributed by atoms with E-state index in [1.807, 2.05) is 13.0 Å². The van der Waals surface area contributed by atoms with E-state index in [-0.39, 0.29) is 11.5 Å². The highest BCUT2D eigenvalue weighted by Crippen LogP contribution is 2.32. The summed E-state index contributed by atoms with van der Waals surface area (Å²) in [6.07, 6.45) is -0.868. The average Bonchev–Trinajstić information content (AvgIpc) is 3.07. The van der Waals surface area contributed by atoms with Crippen molar-refractivity contribution in [1.29, 1.82) is 0 Å². The lowest BCUT2D eigenvalue weighted by Gasteiger charge is -2.18. The first kappa shape index (κ1) is 20.5. The van der Waals surface area contributed by atoms with E-state index in [4.69, 9.17) is 20.8 Å². The van der Waals surface area contributed by atoms with E-state index in [0.29, 0.717) is 22.1 Å². The van der Waals surface area contributed by atoms with E-state index in [1.54, 1.807) is 49.4 Å². The molecule has 1 aromatic heterocycles. The van der Waals surface area contributed by atoms with Crippen LogP contribution in [-0.4, -0.2) is 19.0 Å². The molecule has 0 saturated heterocycles. The van der Waals surface area contributed by atoms with Crippen molar-refractivity contribution in [3.05, 3.63) is 82.3 Å². The standard InChI is InChI=1S/C22H20ClNO5/c1-13-11-16(23)9-10-17(13)24-20(21(25)15-7-5-4-6-8-15)19-12-18(14(2)28-19)29-22(26)27-3/h4-12,20,24H,1-3H3. The van der Waals surface area contributed by atoms with Gasteiger partial charge in [-0.05, 0) is 37.6 Å². The van der Waals surface area contributed by atoms with Gasteiger partial charge in [0, 0.05) is 22.3 Å². The molecule has 3 aromatic rings. The zero-order valence-corrected chi connectivity index (χ0v) is 16.9. The zero-order chi connectivity index (χ0) is 21.0. The summed E-state index contributed by atoms with van der Waals surface area (Å²) in [5.41, 5.74) is 2.12. The molecule has 1 atom stereocenters. The Morgan fingerprint density at radius 3 is 2.45 bits per heavy atom. The molecule has 29 heavy (non-hydrogen) atoms. The Bertz CT molecular complexity index is 1030. The summed E-state index contributed by atoms with van der Waals surface area (Å²) in [5, 5.41) is 3.82. The molecule has 0 aliphatic rings. The van der Waals surface area contributed by atoms with Gasteiger partial charge in [0.15, 0.2) is 11.5 Å². The van der Waals surface area contributed by atoms with Crippen molar-refractivity contribution >= 4 is 29.2 Å². The predicted octanol–water partition coefficient (Wildman–Crippen LogP) is 5.73. The molecular formula is C22H20ClNO5. The highest BCUT2D eigenvalue weighted by Gasteiger charge is 2.28. The van der Waals surface area contributed by atoms with Gasteiger partial charge in [0.25, 0.3) is 0 Å². The molecule has 0 radical (unpaired) electrons. The minimum absolute atomic E-state index is 0.187. The Morgan fingerprint density at radius 2 is 1.79 bits per heavy atom. The molecule has 7 heteroatoms. The number of anilines is 1. The number of carbonyl (C=O) groups is 2. The number of halogens is 1. The second-order valence-corrected chi connectivity index (χ2v) is 6.83. The molecule has 0 amide bonds. The number of ether oxygens (including phenoxy) is 2. The summed E-state index contributed by atoms with van der Waals surface area (Å²) < 4.78 is 15.4. The smallest absolute Gasteiger partial charge is 0.460 e. The van der Waals surface area contributed by atoms with Gasteiger partial charge < -0.3 is 19.2 Å². The van der Waals surface area contributed by atoms with Crippen molar-refractivity contribution in [2.45, 2.75) is 19.9 Å². The number of ketones is 1. The normalized spacial score (nSPS) is 11.6. The van der Waals surface area contributed by atoms with Gasteiger partial charge in [-0.1, -0.05) is 41.9 Å². The van der Waals surface area contributed by atoms with Crippen LogP contribution in [0.1, 0.15) is 33.5 Å². The number of Topliss-reactive ketones (excluding diaryl/α,β-unsaturated/α-hetero) is 1. The number of benzene rings is 2. The van der Waals surface area contributed by atoms with E-state index >= 15 is 0 Å². The molecule has 150 valence electrons. The second-order valence-electron chi connectivity index (χ2n) is 6.39. The number of carbonyl (C=O) groups excluding carboxylic acids is 2. The highest BCUT2D eigenvalue weighted by molar-refractivity contribution is 6.30. The molecule has 0 aliphatic heterocycles. The van der Waals surface area contributed by atoms with Crippen molar-refractivity contribution in [1.82, 2.24) is 0 Å². The third kappa shape index (κ3) is 4.78. The molecule has 1 unspecified atom stereocenters. The molecule has 0 spiro atoms. The molecule has 3 rings (SSSR count). The maximum atomic E-state index is 13.2. The van der Waals surface area contributed by atoms with E-state index in [2.05, 4.69) is 10.1 Å². The van der Waals surface area contributed by atoms with Crippen LogP contribution >= 0.6 is 11.6 Å². The molecule has 2 aromatic carbocycles. The fraction of sp³-hybridized carbons (Fsp3) is 0.182. The topological polar surface area (TPSA) is 77.8 Å². The quantitative estimate of drug-likeness (QED) is 0.410. The summed E-state index contributed by atoms with van der Waals surface area (Å²) in [6.45, 7) is 3.52. The Labute approximate surface area is 173 Å². The maximum Gasteiger partial charge on any atom is 0.513 e. The summed E-state index contributed by atoms with van der Waals surface area (Å²) >= 11 is 6.04. The second kappa shape index (κ2) is 8.84. The van der Waals surface area contributed by atoms with Gasteiger partial charge in [0.1, 0.15) is 17.6 Å². The first-order chi connectivity index (χ1) is 13.9. The van der Waals surface area contributed by atoms with Gasteiger partial charge in [0.2, 0.25) is 0 Å². The number of aryl methyl sites for hydroxylation is 2. The molecule has 6 nitrogen and oxygen atoms in total. The van der Waals surface area contributed by atoms with Gasteiger partial charge >= 0.3 is 6.16 Å². The van der Waals surface area contributed by atoms with Crippen molar-refractivity contribution in [2.75, 3.05) is 12.4 Å². The largest absolute Gasteiger partial charge is 0.513 e. The summed E-state index contributed by atoms with van der Waals surface area (Å²) in [5.74, 6) is 0.654. The third-order valence-corrected chi connectivity index (χ3v) is 4.58. The Morgan fingerprint density at radius 1 is 1.07 bits per heavy atom. The summed E-state index contributed by atoms with van der Waals surface area (Å²) in [4.78, 5) is 24.7. The number of nitrogens with one attached hydrogen (secondary N) is 1. The van der Waals surface area contributed by atoms with Crippen molar-refractivity contribution in [3.63, 3.8) is 0 Å². The van der Waals surface area contributed by atoms with Gasteiger partial charge in [0.05, 0.1) is 7.11 Å². The van der Waals surface area contributed by atoms with Gasteiger partial charge in [-0.3, -0.25) is 4.79 Å². The van der Waals surface area contributed by atoms with Crippen LogP contribution in [0.25, 0.3) is 0 Å². The molecule has 0 saturated carbocycles. The van der Waals surface area contributed by atoms with Crippen LogP contribution in [0.2, 0.25) is 5.02 Å². The van der Waals surface area contributed by atoms with Gasteiger partial charge in [-0.25, -0.2) is 4.79 Å². The minimum Gasteiger partial charge on any atom is -0.460 e. The highest BCUT2D eigenvalue weighted by atomic mass is 35.5. The van der Waals surface area contributed by atoms with E-state index in [1.165, 1.54) is 13.2 Å². The van der Waals surface area contributed by atoms with Crippen LogP contribution in [0, 0.1) is 13.8 Å². The third-order valence-electron chi connectivity index (χ3n) is 4.34. The fourth-order valence-corrected chi connectivity index (χ4v) is 3.07. The van der Waals surface area contributed by atoms with Crippen LogP contribution in [0.3, 0.4) is 0 Å². The van der Waals surface area contributed by atoms with E-state index < -0.39 is 12.2 Å². The minimum atomic E-state index is -0.868. The van der Waals surface area contributed by atoms with E-state index in [9.17, 15) is 9.59 Å². The number of methoxy groups -OCH3 is 1. The molecule has 1 heterocycles. The number of hydrogen-bond donors (Lipinski definition) is 1.